The topological polar surface area (TPSA) is 56.1 Å². The van der Waals surface area contributed by atoms with Crippen LogP contribution in [0.15, 0.2) is 11.0 Å². The molecule has 0 spiro atoms. The van der Waals surface area contributed by atoms with Gasteiger partial charge in [-0.3, -0.25) is 4.79 Å². The molecule has 6 heteroatoms. The molecule has 0 radical (unpaired) electrons. The van der Waals surface area contributed by atoms with Gasteiger partial charge >= 0.3 is 0 Å². The molecule has 0 fully saturated rings. The average Bonchev–Trinajstić information content (AvgIpc) is 2.36. The Labute approximate surface area is 112 Å². The van der Waals surface area contributed by atoms with Crippen LogP contribution >= 0.6 is 11.6 Å². The smallest absolute Gasteiger partial charge is 0.287 e. The minimum atomic E-state index is -0.298. The largest absolute Gasteiger partial charge is 0.383 e. The van der Waals surface area contributed by atoms with Gasteiger partial charge < -0.3 is 10.1 Å². The van der Waals surface area contributed by atoms with E-state index in [2.05, 4.69) is 17.3 Å². The summed E-state index contributed by atoms with van der Waals surface area (Å²) in [6.07, 6.45) is 4.75. The van der Waals surface area contributed by atoms with E-state index in [0.717, 1.165) is 19.3 Å². The molecule has 1 heterocycles. The number of nitrogens with zero attached hydrogens (tertiary/aromatic N) is 2. The van der Waals surface area contributed by atoms with Crippen LogP contribution in [0.3, 0.4) is 0 Å². The van der Waals surface area contributed by atoms with Crippen molar-refractivity contribution < 1.29 is 4.74 Å². The minimum Gasteiger partial charge on any atom is -0.383 e. The van der Waals surface area contributed by atoms with Crippen LogP contribution in [0.2, 0.25) is 5.02 Å². The summed E-state index contributed by atoms with van der Waals surface area (Å²) in [5, 5.41) is 7.34. The molecule has 1 atom stereocenters. The molecule has 1 aromatic rings. The van der Waals surface area contributed by atoms with Crippen molar-refractivity contribution in [2.75, 3.05) is 19.0 Å². The first-order chi connectivity index (χ1) is 8.60. The molecule has 5 nitrogen and oxygen atoms in total. The number of methoxy groups -OCH3 is 1. The number of hydrogen-bond donors (Lipinski definition) is 1. The van der Waals surface area contributed by atoms with E-state index in [0.29, 0.717) is 12.3 Å². The van der Waals surface area contributed by atoms with E-state index in [9.17, 15) is 4.79 Å². The van der Waals surface area contributed by atoms with Gasteiger partial charge in [0.05, 0.1) is 18.5 Å². The molecule has 0 aromatic carbocycles. The van der Waals surface area contributed by atoms with Gasteiger partial charge in [0.1, 0.15) is 5.02 Å². The third-order valence-electron chi connectivity index (χ3n) is 2.71. The van der Waals surface area contributed by atoms with Crippen molar-refractivity contribution in [3.63, 3.8) is 0 Å². The number of hydrogen-bond acceptors (Lipinski definition) is 4. The molecule has 1 N–H and O–H groups in total. The van der Waals surface area contributed by atoms with E-state index in [1.54, 1.807) is 20.4 Å². The Morgan fingerprint density at radius 3 is 2.94 bits per heavy atom. The van der Waals surface area contributed by atoms with Crippen molar-refractivity contribution in [1.82, 2.24) is 9.78 Å². The monoisotopic (exact) mass is 273 g/mol. The normalized spacial score (nSPS) is 12.4. The van der Waals surface area contributed by atoms with Gasteiger partial charge in [-0.15, -0.1) is 0 Å². The van der Waals surface area contributed by atoms with Crippen LogP contribution in [-0.2, 0) is 11.8 Å². The number of nitrogens with one attached hydrogen (secondary N) is 1. The van der Waals surface area contributed by atoms with Gasteiger partial charge in [0.25, 0.3) is 5.56 Å². The van der Waals surface area contributed by atoms with Gasteiger partial charge in [0.2, 0.25) is 0 Å². The molecule has 0 aliphatic heterocycles. The molecule has 1 unspecified atom stereocenters. The number of ether oxygens (including phenoxy) is 1. The molecule has 0 bridgehead atoms. The summed E-state index contributed by atoms with van der Waals surface area (Å²) in [5.41, 5.74) is 0.270. The zero-order valence-corrected chi connectivity index (χ0v) is 11.8. The summed E-state index contributed by atoms with van der Waals surface area (Å²) in [7, 11) is 3.23. The van der Waals surface area contributed by atoms with Crippen molar-refractivity contribution in [1.29, 1.82) is 0 Å². The second-order valence-corrected chi connectivity index (χ2v) is 4.62. The summed E-state index contributed by atoms with van der Waals surface area (Å²) in [4.78, 5) is 11.6. The SMILES string of the molecule is CCCCC(COC)Nc1cnn(C)c(=O)c1Cl. The first-order valence-corrected chi connectivity index (χ1v) is 6.45. The zero-order valence-electron chi connectivity index (χ0n) is 11.1. The third kappa shape index (κ3) is 3.99. The van der Waals surface area contributed by atoms with Crippen LogP contribution in [0.5, 0.6) is 0 Å². The maximum Gasteiger partial charge on any atom is 0.287 e. The Balaban J connectivity index is 2.80. The van der Waals surface area contributed by atoms with E-state index in [-0.39, 0.29) is 16.6 Å². The maximum absolute atomic E-state index is 11.6. The summed E-state index contributed by atoms with van der Waals surface area (Å²) >= 11 is 6.00. The highest BCUT2D eigenvalue weighted by molar-refractivity contribution is 6.32. The van der Waals surface area contributed by atoms with Gasteiger partial charge in [0, 0.05) is 20.2 Å². The Hall–Kier alpha value is -1.07. The number of rotatable bonds is 7. The molecular weight excluding hydrogens is 254 g/mol. The molecule has 1 aromatic heterocycles. The zero-order chi connectivity index (χ0) is 13.5. The highest BCUT2D eigenvalue weighted by atomic mass is 35.5. The number of unbranched alkanes of at least 4 members (excludes halogenated alkanes) is 1. The van der Waals surface area contributed by atoms with Crippen LogP contribution in [0, 0.1) is 0 Å². The molecule has 0 saturated heterocycles. The van der Waals surface area contributed by atoms with Crippen molar-refractivity contribution in [3.05, 3.63) is 21.6 Å². The molecule has 0 amide bonds. The molecular formula is C12H20ClN3O2. The number of anilines is 1. The molecule has 0 saturated carbocycles. The van der Waals surface area contributed by atoms with Crippen LogP contribution in [0.25, 0.3) is 0 Å². The summed E-state index contributed by atoms with van der Waals surface area (Å²) in [5.74, 6) is 0. The lowest BCUT2D eigenvalue weighted by molar-refractivity contribution is 0.182. The second kappa shape index (κ2) is 7.38. The van der Waals surface area contributed by atoms with E-state index in [1.807, 2.05) is 0 Å². The van der Waals surface area contributed by atoms with Crippen molar-refractivity contribution in [2.45, 2.75) is 32.2 Å². The Morgan fingerprint density at radius 1 is 1.61 bits per heavy atom. The van der Waals surface area contributed by atoms with Crippen LogP contribution < -0.4 is 10.9 Å². The van der Waals surface area contributed by atoms with Gasteiger partial charge in [-0.2, -0.15) is 5.10 Å². The van der Waals surface area contributed by atoms with Crippen LogP contribution in [-0.4, -0.2) is 29.5 Å². The van der Waals surface area contributed by atoms with E-state index in [4.69, 9.17) is 16.3 Å². The number of aryl methyl sites for hydroxylation is 1. The van der Waals surface area contributed by atoms with E-state index >= 15 is 0 Å². The van der Waals surface area contributed by atoms with Crippen molar-refractivity contribution in [2.24, 2.45) is 7.05 Å². The van der Waals surface area contributed by atoms with Gasteiger partial charge in [-0.05, 0) is 6.42 Å². The highest BCUT2D eigenvalue weighted by Gasteiger charge is 2.12. The lowest BCUT2D eigenvalue weighted by atomic mass is 10.1. The fourth-order valence-electron chi connectivity index (χ4n) is 1.68. The number of halogens is 1. The highest BCUT2D eigenvalue weighted by Crippen LogP contribution is 2.17. The van der Waals surface area contributed by atoms with Crippen molar-refractivity contribution in [3.8, 4) is 0 Å². The van der Waals surface area contributed by atoms with E-state index < -0.39 is 0 Å². The first kappa shape index (κ1) is 15.0. The Kier molecular flexibility index (Phi) is 6.15. The predicted molar refractivity (Wildman–Crippen MR) is 73.3 cm³/mol. The lowest BCUT2D eigenvalue weighted by Gasteiger charge is -2.19. The van der Waals surface area contributed by atoms with Gasteiger partial charge in [-0.1, -0.05) is 31.4 Å². The summed E-state index contributed by atoms with van der Waals surface area (Å²) in [6.45, 7) is 2.71. The van der Waals surface area contributed by atoms with Crippen molar-refractivity contribution >= 4 is 17.3 Å². The standard InChI is InChI=1S/C12H20ClN3O2/c1-4-5-6-9(8-18-3)15-10-7-14-16(2)12(17)11(10)13/h7,9,15H,4-6,8H2,1-3H3. The molecule has 1 rings (SSSR count). The lowest BCUT2D eigenvalue weighted by Crippen LogP contribution is -2.28. The minimum absolute atomic E-state index is 0.140. The summed E-state index contributed by atoms with van der Waals surface area (Å²) < 4.78 is 6.37. The Morgan fingerprint density at radius 2 is 2.33 bits per heavy atom. The average molecular weight is 274 g/mol. The maximum atomic E-state index is 11.6. The van der Waals surface area contributed by atoms with Crippen LogP contribution in [0.4, 0.5) is 5.69 Å². The quantitative estimate of drug-likeness (QED) is 0.826. The molecule has 0 aliphatic carbocycles. The predicted octanol–water partition coefficient (Wildman–Crippen LogP) is 2.05. The first-order valence-electron chi connectivity index (χ1n) is 6.07. The van der Waals surface area contributed by atoms with Crippen LogP contribution in [0.1, 0.15) is 26.2 Å². The summed E-state index contributed by atoms with van der Waals surface area (Å²) in [6, 6.07) is 0.140. The fraction of sp³-hybridized carbons (Fsp3) is 0.667. The van der Waals surface area contributed by atoms with Gasteiger partial charge in [0.15, 0.2) is 0 Å². The van der Waals surface area contributed by atoms with E-state index in [1.165, 1.54) is 4.68 Å². The molecule has 18 heavy (non-hydrogen) atoms. The Bertz CT molecular complexity index is 434. The third-order valence-corrected chi connectivity index (χ3v) is 3.08. The second-order valence-electron chi connectivity index (χ2n) is 4.24. The molecule has 0 aliphatic rings. The molecule has 102 valence electrons. The van der Waals surface area contributed by atoms with Gasteiger partial charge in [-0.25, -0.2) is 4.68 Å². The fourth-order valence-corrected chi connectivity index (χ4v) is 1.91. The number of aromatic nitrogens is 2.